The lowest BCUT2D eigenvalue weighted by atomic mass is 9.92. The lowest BCUT2D eigenvalue weighted by Gasteiger charge is -2.37. The van der Waals surface area contributed by atoms with Crippen molar-refractivity contribution >= 4 is 0 Å². The van der Waals surface area contributed by atoms with Crippen molar-refractivity contribution in [3.63, 3.8) is 0 Å². The standard InChI is InChI=1S/C19H38N2/c1-3-21(16-17-14-15-17)19-13-11-9-7-5-4-6-8-10-12-18(19)20-2/h17-20H,3-16H2,1-2H3. The molecule has 21 heavy (non-hydrogen) atoms. The summed E-state index contributed by atoms with van der Waals surface area (Å²) in [7, 11) is 2.19. The maximum Gasteiger partial charge on any atom is 0.0249 e. The third-order valence-corrected chi connectivity index (χ3v) is 5.67. The molecule has 1 N–H and O–H groups in total. The normalized spacial score (nSPS) is 29.9. The number of likely N-dealkylation sites (N-methyl/N-ethyl adjacent to an activating group) is 2. The number of nitrogens with zero attached hydrogens (tertiary/aromatic N) is 1. The van der Waals surface area contributed by atoms with E-state index < -0.39 is 0 Å². The van der Waals surface area contributed by atoms with Gasteiger partial charge in [-0.2, -0.15) is 0 Å². The topological polar surface area (TPSA) is 15.3 Å². The highest BCUT2D eigenvalue weighted by molar-refractivity contribution is 4.87. The fraction of sp³-hybridized carbons (Fsp3) is 1.00. The lowest BCUT2D eigenvalue weighted by molar-refractivity contribution is 0.142. The van der Waals surface area contributed by atoms with Crippen LogP contribution in [0.3, 0.4) is 0 Å². The molecular formula is C19H38N2. The fourth-order valence-electron chi connectivity index (χ4n) is 4.08. The average Bonchev–Trinajstić information content (AvgIpc) is 3.30. The van der Waals surface area contributed by atoms with Gasteiger partial charge < -0.3 is 5.32 Å². The van der Waals surface area contributed by atoms with Gasteiger partial charge in [0.2, 0.25) is 0 Å². The Hall–Kier alpha value is -0.0800. The summed E-state index contributed by atoms with van der Waals surface area (Å²) in [6.07, 6.45) is 17.4. The Morgan fingerprint density at radius 3 is 1.90 bits per heavy atom. The van der Waals surface area contributed by atoms with E-state index in [1.54, 1.807) is 0 Å². The highest BCUT2D eigenvalue weighted by atomic mass is 15.2. The Kier molecular flexibility index (Phi) is 8.10. The van der Waals surface area contributed by atoms with Crippen LogP contribution >= 0.6 is 0 Å². The van der Waals surface area contributed by atoms with E-state index in [1.807, 2.05) is 0 Å². The molecule has 0 spiro atoms. The molecule has 2 saturated carbocycles. The second kappa shape index (κ2) is 9.84. The van der Waals surface area contributed by atoms with Crippen molar-refractivity contribution in [2.75, 3.05) is 20.1 Å². The molecule has 2 aliphatic carbocycles. The SMILES string of the molecule is CCN(CC1CC1)C1CCCCCCCCCCC1NC. The molecule has 2 aliphatic rings. The van der Waals surface area contributed by atoms with E-state index in [4.69, 9.17) is 0 Å². The summed E-state index contributed by atoms with van der Waals surface area (Å²) in [4.78, 5) is 2.81. The van der Waals surface area contributed by atoms with Crippen LogP contribution < -0.4 is 5.32 Å². The monoisotopic (exact) mass is 294 g/mol. The first kappa shape index (κ1) is 17.3. The predicted octanol–water partition coefficient (Wildman–Crippen LogP) is 4.59. The predicted molar refractivity (Wildman–Crippen MR) is 92.8 cm³/mol. The zero-order chi connectivity index (χ0) is 14.9. The molecule has 2 unspecified atom stereocenters. The van der Waals surface area contributed by atoms with Crippen LogP contribution in [0.5, 0.6) is 0 Å². The van der Waals surface area contributed by atoms with Gasteiger partial charge >= 0.3 is 0 Å². The molecule has 0 aliphatic heterocycles. The summed E-state index contributed by atoms with van der Waals surface area (Å²) in [6, 6.07) is 1.49. The van der Waals surface area contributed by atoms with Gasteiger partial charge in [-0.1, -0.05) is 58.3 Å². The lowest BCUT2D eigenvalue weighted by Crippen LogP contribution is -2.49. The third-order valence-electron chi connectivity index (χ3n) is 5.67. The Morgan fingerprint density at radius 1 is 0.810 bits per heavy atom. The van der Waals surface area contributed by atoms with Crippen molar-refractivity contribution in [1.82, 2.24) is 10.2 Å². The quantitative estimate of drug-likeness (QED) is 0.798. The largest absolute Gasteiger partial charge is 0.315 e. The Balaban J connectivity index is 1.93. The molecule has 0 radical (unpaired) electrons. The first-order valence-electron chi connectivity index (χ1n) is 9.76. The maximum absolute atomic E-state index is 3.67. The number of nitrogens with one attached hydrogen (secondary N) is 1. The van der Waals surface area contributed by atoms with Crippen LogP contribution in [0.1, 0.15) is 84.0 Å². The van der Waals surface area contributed by atoms with E-state index in [0.717, 1.165) is 12.0 Å². The van der Waals surface area contributed by atoms with Crippen LogP contribution in [0.4, 0.5) is 0 Å². The van der Waals surface area contributed by atoms with Crippen molar-refractivity contribution in [1.29, 1.82) is 0 Å². The highest BCUT2D eigenvalue weighted by Gasteiger charge is 2.30. The van der Waals surface area contributed by atoms with Gasteiger partial charge in [0.25, 0.3) is 0 Å². The fourth-order valence-corrected chi connectivity index (χ4v) is 4.08. The van der Waals surface area contributed by atoms with Gasteiger partial charge in [-0.05, 0) is 45.2 Å². The molecule has 0 aromatic carbocycles. The first-order valence-corrected chi connectivity index (χ1v) is 9.76. The van der Waals surface area contributed by atoms with Gasteiger partial charge in [0, 0.05) is 18.6 Å². The Morgan fingerprint density at radius 2 is 1.38 bits per heavy atom. The van der Waals surface area contributed by atoms with Gasteiger partial charge in [0.15, 0.2) is 0 Å². The van der Waals surface area contributed by atoms with Crippen LogP contribution in [-0.4, -0.2) is 37.1 Å². The van der Waals surface area contributed by atoms with Gasteiger partial charge in [0.05, 0.1) is 0 Å². The Labute approximate surface area is 133 Å². The third kappa shape index (κ3) is 6.28. The number of hydrogen-bond donors (Lipinski definition) is 1. The molecule has 2 rings (SSSR count). The van der Waals surface area contributed by atoms with Crippen LogP contribution in [0.25, 0.3) is 0 Å². The van der Waals surface area contributed by atoms with Crippen molar-refractivity contribution in [2.45, 2.75) is 96.1 Å². The van der Waals surface area contributed by atoms with E-state index in [0.29, 0.717) is 6.04 Å². The van der Waals surface area contributed by atoms with Crippen LogP contribution in [0.2, 0.25) is 0 Å². The molecule has 0 saturated heterocycles. The second-order valence-electron chi connectivity index (χ2n) is 7.40. The first-order chi connectivity index (χ1) is 10.3. The minimum Gasteiger partial charge on any atom is -0.315 e. The maximum atomic E-state index is 3.67. The second-order valence-corrected chi connectivity index (χ2v) is 7.40. The molecule has 124 valence electrons. The van der Waals surface area contributed by atoms with Crippen molar-refractivity contribution in [3.05, 3.63) is 0 Å². The average molecular weight is 295 g/mol. The molecule has 2 heteroatoms. The highest BCUT2D eigenvalue weighted by Crippen LogP contribution is 2.31. The minimum absolute atomic E-state index is 0.711. The molecule has 0 heterocycles. The summed E-state index contributed by atoms with van der Waals surface area (Å²) in [5.74, 6) is 1.02. The number of hydrogen-bond acceptors (Lipinski definition) is 2. The van der Waals surface area contributed by atoms with Gasteiger partial charge in [0.1, 0.15) is 0 Å². The van der Waals surface area contributed by atoms with Crippen molar-refractivity contribution < 1.29 is 0 Å². The molecular weight excluding hydrogens is 256 g/mol. The smallest absolute Gasteiger partial charge is 0.0249 e. The molecule has 0 amide bonds. The summed E-state index contributed by atoms with van der Waals surface area (Å²) >= 11 is 0. The summed E-state index contributed by atoms with van der Waals surface area (Å²) in [6.45, 7) is 4.96. The molecule has 2 fully saturated rings. The molecule has 2 atom stereocenters. The number of rotatable bonds is 5. The van der Waals surface area contributed by atoms with E-state index >= 15 is 0 Å². The molecule has 0 aromatic rings. The molecule has 2 nitrogen and oxygen atoms in total. The Bertz CT molecular complexity index is 262. The molecule has 0 bridgehead atoms. The van der Waals surface area contributed by atoms with Crippen LogP contribution in [0, 0.1) is 5.92 Å². The van der Waals surface area contributed by atoms with Crippen molar-refractivity contribution in [3.8, 4) is 0 Å². The zero-order valence-electron chi connectivity index (χ0n) is 14.6. The van der Waals surface area contributed by atoms with Crippen LogP contribution in [-0.2, 0) is 0 Å². The molecule has 0 aromatic heterocycles. The summed E-state index contributed by atoms with van der Waals surface area (Å²) in [5, 5.41) is 3.67. The van der Waals surface area contributed by atoms with E-state index in [2.05, 4.69) is 24.2 Å². The van der Waals surface area contributed by atoms with E-state index in [-0.39, 0.29) is 0 Å². The minimum atomic E-state index is 0.711. The van der Waals surface area contributed by atoms with Gasteiger partial charge in [-0.3, -0.25) is 4.90 Å². The van der Waals surface area contributed by atoms with Crippen molar-refractivity contribution in [2.24, 2.45) is 5.92 Å². The zero-order valence-corrected chi connectivity index (χ0v) is 14.6. The summed E-state index contributed by atoms with van der Waals surface area (Å²) < 4.78 is 0. The van der Waals surface area contributed by atoms with E-state index in [1.165, 1.54) is 90.1 Å². The van der Waals surface area contributed by atoms with E-state index in [9.17, 15) is 0 Å². The van der Waals surface area contributed by atoms with Gasteiger partial charge in [-0.15, -0.1) is 0 Å². The van der Waals surface area contributed by atoms with Gasteiger partial charge in [-0.25, -0.2) is 0 Å². The summed E-state index contributed by atoms with van der Waals surface area (Å²) in [5.41, 5.74) is 0. The van der Waals surface area contributed by atoms with Crippen LogP contribution in [0.15, 0.2) is 0 Å².